The molecule has 0 saturated carbocycles. The number of aromatic nitrogens is 1. The summed E-state index contributed by atoms with van der Waals surface area (Å²) in [5, 5.41) is 7.76. The number of rotatable bonds is 3. The lowest BCUT2D eigenvalue weighted by Crippen LogP contribution is -2.23. The predicted octanol–water partition coefficient (Wildman–Crippen LogP) is 2.45. The van der Waals surface area contributed by atoms with Crippen molar-refractivity contribution in [1.82, 2.24) is 4.98 Å². The summed E-state index contributed by atoms with van der Waals surface area (Å²) in [4.78, 5) is 15.7. The minimum atomic E-state index is -0.388. The van der Waals surface area contributed by atoms with Crippen molar-refractivity contribution in [1.29, 1.82) is 5.41 Å². The summed E-state index contributed by atoms with van der Waals surface area (Å²) >= 11 is 0. The van der Waals surface area contributed by atoms with Gasteiger partial charge in [-0.1, -0.05) is 26.8 Å². The molecule has 0 bridgehead atoms. The Hall–Kier alpha value is -1.51. The summed E-state index contributed by atoms with van der Waals surface area (Å²) in [7, 11) is 0. The normalized spacial score (nSPS) is 11.1. The maximum atomic E-state index is 11.7. The molecule has 0 unspecified atom stereocenters. The van der Waals surface area contributed by atoms with Crippen molar-refractivity contribution in [3.05, 3.63) is 30.1 Å². The van der Waals surface area contributed by atoms with E-state index >= 15 is 0 Å². The number of ketones is 1. The average molecular weight is 204 g/mol. The maximum Gasteiger partial charge on any atom is 0.144 e. The molecule has 0 atom stereocenters. The molecule has 1 heterocycles. The fourth-order valence-electron chi connectivity index (χ4n) is 1.06. The zero-order valence-corrected chi connectivity index (χ0v) is 9.37. The van der Waals surface area contributed by atoms with E-state index in [-0.39, 0.29) is 23.3 Å². The lowest BCUT2D eigenvalue weighted by atomic mass is 9.87. The predicted molar refractivity (Wildman–Crippen MR) is 60.1 cm³/mol. The first-order chi connectivity index (χ1) is 6.91. The number of carbonyl (C=O) groups is 1. The third kappa shape index (κ3) is 3.27. The maximum absolute atomic E-state index is 11.7. The average Bonchev–Trinajstić information content (AvgIpc) is 2.17. The number of nitrogens with zero attached hydrogens (tertiary/aromatic N) is 1. The van der Waals surface area contributed by atoms with Crippen LogP contribution in [0, 0.1) is 10.8 Å². The zero-order chi connectivity index (χ0) is 11.5. The minimum absolute atomic E-state index is 0.0677. The topological polar surface area (TPSA) is 53.8 Å². The van der Waals surface area contributed by atoms with Crippen LogP contribution in [0.15, 0.2) is 24.4 Å². The Morgan fingerprint density at radius 3 is 2.53 bits per heavy atom. The molecule has 0 aliphatic rings. The molecule has 80 valence electrons. The van der Waals surface area contributed by atoms with Crippen molar-refractivity contribution in [2.24, 2.45) is 5.41 Å². The molecule has 0 radical (unpaired) electrons. The van der Waals surface area contributed by atoms with Gasteiger partial charge in [-0.25, -0.2) is 0 Å². The van der Waals surface area contributed by atoms with E-state index in [2.05, 4.69) is 4.98 Å². The Bertz CT molecular complexity index is 363. The fourth-order valence-corrected chi connectivity index (χ4v) is 1.06. The Balaban J connectivity index is 2.70. The number of pyridine rings is 1. The van der Waals surface area contributed by atoms with Crippen molar-refractivity contribution in [3.8, 4) is 0 Å². The van der Waals surface area contributed by atoms with Gasteiger partial charge in [-0.3, -0.25) is 9.78 Å². The van der Waals surface area contributed by atoms with Crippen molar-refractivity contribution < 1.29 is 4.79 Å². The monoisotopic (exact) mass is 204 g/mol. The number of hydrogen-bond donors (Lipinski definition) is 1. The zero-order valence-electron chi connectivity index (χ0n) is 9.37. The quantitative estimate of drug-likeness (QED) is 0.769. The molecule has 0 saturated heterocycles. The van der Waals surface area contributed by atoms with Gasteiger partial charge in [-0.05, 0) is 12.1 Å². The molecular weight excluding hydrogens is 188 g/mol. The highest BCUT2D eigenvalue weighted by atomic mass is 16.1. The lowest BCUT2D eigenvalue weighted by molar-refractivity contribution is -0.125. The number of nitrogens with one attached hydrogen (secondary N) is 1. The standard InChI is InChI=1S/C12H16N2O/c1-12(2,3)11(15)8-9(13)10-6-4-5-7-14-10/h4-7,13H,8H2,1-3H3. The van der Waals surface area contributed by atoms with Crippen molar-refractivity contribution >= 4 is 11.5 Å². The molecule has 1 N–H and O–H groups in total. The SMILES string of the molecule is CC(C)(C)C(=O)CC(=N)c1ccccn1. The van der Waals surface area contributed by atoms with Crippen LogP contribution in [0.1, 0.15) is 32.9 Å². The van der Waals surface area contributed by atoms with Crippen LogP contribution in [-0.4, -0.2) is 16.5 Å². The Labute approximate surface area is 90.1 Å². The molecule has 0 fully saturated rings. The first-order valence-corrected chi connectivity index (χ1v) is 4.93. The summed E-state index contributed by atoms with van der Waals surface area (Å²) in [5.74, 6) is 0.0677. The van der Waals surface area contributed by atoms with Crippen LogP contribution in [0.25, 0.3) is 0 Å². The minimum Gasteiger partial charge on any atom is -0.303 e. The van der Waals surface area contributed by atoms with Gasteiger partial charge >= 0.3 is 0 Å². The molecule has 0 aliphatic heterocycles. The molecule has 1 aromatic rings. The summed E-state index contributed by atoms with van der Waals surface area (Å²) in [6, 6.07) is 5.36. The van der Waals surface area contributed by atoms with E-state index in [1.165, 1.54) is 0 Å². The van der Waals surface area contributed by atoms with Gasteiger partial charge in [-0.15, -0.1) is 0 Å². The van der Waals surface area contributed by atoms with Crippen LogP contribution >= 0.6 is 0 Å². The summed E-state index contributed by atoms with van der Waals surface area (Å²) < 4.78 is 0. The van der Waals surface area contributed by atoms with Gasteiger partial charge in [-0.2, -0.15) is 0 Å². The fraction of sp³-hybridized carbons (Fsp3) is 0.417. The second-order valence-corrected chi connectivity index (χ2v) is 4.54. The van der Waals surface area contributed by atoms with E-state index in [1.807, 2.05) is 26.8 Å². The van der Waals surface area contributed by atoms with E-state index in [9.17, 15) is 4.79 Å². The van der Waals surface area contributed by atoms with Crippen LogP contribution in [0.2, 0.25) is 0 Å². The van der Waals surface area contributed by atoms with E-state index in [0.29, 0.717) is 5.69 Å². The molecule has 0 amide bonds. The van der Waals surface area contributed by atoms with Gasteiger partial charge in [0, 0.05) is 11.6 Å². The Morgan fingerprint density at radius 2 is 2.07 bits per heavy atom. The van der Waals surface area contributed by atoms with Crippen molar-refractivity contribution in [2.75, 3.05) is 0 Å². The molecule has 15 heavy (non-hydrogen) atoms. The second-order valence-electron chi connectivity index (χ2n) is 4.54. The highest BCUT2D eigenvalue weighted by molar-refractivity contribution is 6.09. The third-order valence-corrected chi connectivity index (χ3v) is 2.15. The smallest absolute Gasteiger partial charge is 0.144 e. The molecule has 3 heteroatoms. The van der Waals surface area contributed by atoms with Gasteiger partial charge in [0.1, 0.15) is 5.78 Å². The lowest BCUT2D eigenvalue weighted by Gasteiger charge is -2.16. The third-order valence-electron chi connectivity index (χ3n) is 2.15. The van der Waals surface area contributed by atoms with Crippen molar-refractivity contribution in [3.63, 3.8) is 0 Å². The van der Waals surface area contributed by atoms with Crippen LogP contribution in [0.4, 0.5) is 0 Å². The summed E-state index contributed by atoms with van der Waals surface area (Å²) in [5.41, 5.74) is 0.479. The molecule has 1 aromatic heterocycles. The van der Waals surface area contributed by atoms with E-state index in [1.54, 1.807) is 18.3 Å². The Morgan fingerprint density at radius 1 is 1.40 bits per heavy atom. The largest absolute Gasteiger partial charge is 0.303 e. The Kier molecular flexibility index (Phi) is 3.35. The van der Waals surface area contributed by atoms with Crippen LogP contribution in [0.3, 0.4) is 0 Å². The van der Waals surface area contributed by atoms with Gasteiger partial charge in [0.05, 0.1) is 17.8 Å². The molecule has 0 aromatic carbocycles. The van der Waals surface area contributed by atoms with Gasteiger partial charge in [0.25, 0.3) is 0 Å². The van der Waals surface area contributed by atoms with E-state index in [0.717, 1.165) is 0 Å². The second kappa shape index (κ2) is 4.34. The molecule has 0 aliphatic carbocycles. The van der Waals surface area contributed by atoms with E-state index < -0.39 is 0 Å². The highest BCUT2D eigenvalue weighted by Gasteiger charge is 2.22. The summed E-state index contributed by atoms with van der Waals surface area (Å²) in [6.07, 6.45) is 1.78. The van der Waals surface area contributed by atoms with Crippen LogP contribution in [-0.2, 0) is 4.79 Å². The van der Waals surface area contributed by atoms with Crippen LogP contribution < -0.4 is 0 Å². The number of carbonyl (C=O) groups excluding carboxylic acids is 1. The van der Waals surface area contributed by atoms with Gasteiger partial charge in [0.15, 0.2) is 0 Å². The molecular formula is C12H16N2O. The van der Waals surface area contributed by atoms with Crippen molar-refractivity contribution in [2.45, 2.75) is 27.2 Å². The highest BCUT2D eigenvalue weighted by Crippen LogP contribution is 2.17. The molecule has 0 spiro atoms. The van der Waals surface area contributed by atoms with Crippen LogP contribution in [0.5, 0.6) is 0 Å². The van der Waals surface area contributed by atoms with E-state index in [4.69, 9.17) is 5.41 Å². The molecule has 1 rings (SSSR count). The first kappa shape index (κ1) is 11.6. The number of Topliss-reactive ketones (excluding diaryl/α,β-unsaturated/α-hetero) is 1. The first-order valence-electron chi connectivity index (χ1n) is 4.93. The van der Waals surface area contributed by atoms with Gasteiger partial charge in [0.2, 0.25) is 0 Å². The van der Waals surface area contributed by atoms with Gasteiger partial charge < -0.3 is 5.41 Å². The molecule has 3 nitrogen and oxygen atoms in total. The summed E-state index contributed by atoms with van der Waals surface area (Å²) in [6.45, 7) is 5.59. The number of hydrogen-bond acceptors (Lipinski definition) is 3.